The molecule has 1 aromatic heterocycles. The molecule has 0 saturated carbocycles. The number of carbonyl (C=O) groups is 1. The molecule has 4 aromatic rings. The van der Waals surface area contributed by atoms with Crippen molar-refractivity contribution in [3.8, 4) is 22.9 Å². The Morgan fingerprint density at radius 2 is 1.80 bits per heavy atom. The lowest BCUT2D eigenvalue weighted by Crippen LogP contribution is -2.31. The summed E-state index contributed by atoms with van der Waals surface area (Å²) in [5, 5.41) is 2.77. The molecule has 0 fully saturated rings. The average Bonchev–Trinajstić information content (AvgIpc) is 2.87. The van der Waals surface area contributed by atoms with E-state index in [0.717, 1.165) is 22.3 Å². The zero-order valence-corrected chi connectivity index (χ0v) is 19.5. The van der Waals surface area contributed by atoms with E-state index in [1.54, 1.807) is 7.11 Å². The number of anilines is 1. The van der Waals surface area contributed by atoms with Crippen LogP contribution in [0, 0.1) is 6.92 Å². The van der Waals surface area contributed by atoms with E-state index in [9.17, 15) is 9.59 Å². The summed E-state index contributed by atoms with van der Waals surface area (Å²) in [6, 6.07) is 22.9. The van der Waals surface area contributed by atoms with Gasteiger partial charge in [-0.15, -0.1) is 0 Å². The third-order valence-corrected chi connectivity index (χ3v) is 6.07. The van der Waals surface area contributed by atoms with Crippen molar-refractivity contribution < 1.29 is 14.3 Å². The molecule has 1 unspecified atom stereocenters. The largest absolute Gasteiger partial charge is 0.493 e. The first-order valence-electron chi connectivity index (χ1n) is 11.4. The van der Waals surface area contributed by atoms with Gasteiger partial charge in [0, 0.05) is 17.9 Å². The molecule has 1 atom stereocenters. The summed E-state index contributed by atoms with van der Waals surface area (Å²) in [4.78, 5) is 33.1. The lowest BCUT2D eigenvalue weighted by molar-refractivity contribution is -0.116. The van der Waals surface area contributed by atoms with Gasteiger partial charge in [0.15, 0.2) is 11.5 Å². The van der Waals surface area contributed by atoms with E-state index in [1.165, 1.54) is 0 Å². The van der Waals surface area contributed by atoms with Gasteiger partial charge in [-0.3, -0.25) is 9.59 Å². The summed E-state index contributed by atoms with van der Waals surface area (Å²) < 4.78 is 11.6. The number of aromatic nitrogens is 2. The Hall–Kier alpha value is -4.39. The van der Waals surface area contributed by atoms with Crippen molar-refractivity contribution in [1.82, 2.24) is 9.97 Å². The second-order valence-corrected chi connectivity index (χ2v) is 8.54. The van der Waals surface area contributed by atoms with Crippen molar-refractivity contribution in [3.63, 3.8) is 0 Å². The molecule has 7 heteroatoms. The number of benzene rings is 3. The van der Waals surface area contributed by atoms with E-state index in [4.69, 9.17) is 9.47 Å². The van der Waals surface area contributed by atoms with Gasteiger partial charge in [0.05, 0.1) is 12.7 Å². The molecular formula is C28H25N3O4. The van der Waals surface area contributed by atoms with Crippen LogP contribution in [0.4, 0.5) is 5.82 Å². The number of nitrogens with zero attached hydrogens (tertiary/aromatic N) is 1. The zero-order valence-electron chi connectivity index (χ0n) is 19.5. The standard InChI is InChI=1S/C28H25N3O4/c1-17-7-6-8-18(13-17)16-35-22-12-11-20(14-23(22)34-2)21-15-24(32)29-27-25(21)28(33)31-26(30-27)19-9-4-3-5-10-19/h3-14,21H,15-16H2,1-2H3,(H2,29,30,31,32,33). The van der Waals surface area contributed by atoms with Gasteiger partial charge in [-0.1, -0.05) is 66.2 Å². The minimum absolute atomic E-state index is 0.134. The molecule has 0 radical (unpaired) electrons. The summed E-state index contributed by atoms with van der Waals surface area (Å²) in [7, 11) is 1.57. The van der Waals surface area contributed by atoms with E-state index >= 15 is 0 Å². The van der Waals surface area contributed by atoms with Gasteiger partial charge in [-0.25, -0.2) is 4.98 Å². The van der Waals surface area contributed by atoms with Crippen LogP contribution < -0.4 is 20.3 Å². The molecule has 0 spiro atoms. The number of amides is 1. The monoisotopic (exact) mass is 467 g/mol. The highest BCUT2D eigenvalue weighted by Crippen LogP contribution is 2.38. The van der Waals surface area contributed by atoms with Crippen LogP contribution in [-0.4, -0.2) is 23.0 Å². The summed E-state index contributed by atoms with van der Waals surface area (Å²) in [6.45, 7) is 2.44. The molecule has 5 rings (SSSR count). The fraction of sp³-hybridized carbons (Fsp3) is 0.179. The van der Waals surface area contributed by atoms with Gasteiger partial charge in [-0.2, -0.15) is 0 Å². The van der Waals surface area contributed by atoms with Crippen LogP contribution in [0.1, 0.15) is 34.6 Å². The molecule has 3 aromatic carbocycles. The highest BCUT2D eigenvalue weighted by molar-refractivity contribution is 5.94. The number of hydrogen-bond donors (Lipinski definition) is 2. The lowest BCUT2D eigenvalue weighted by Gasteiger charge is -2.25. The van der Waals surface area contributed by atoms with Crippen molar-refractivity contribution in [1.29, 1.82) is 0 Å². The minimum Gasteiger partial charge on any atom is -0.493 e. The second kappa shape index (κ2) is 9.46. The third-order valence-electron chi connectivity index (χ3n) is 6.07. The van der Waals surface area contributed by atoms with Crippen molar-refractivity contribution in [2.75, 3.05) is 12.4 Å². The maximum Gasteiger partial charge on any atom is 0.257 e. The summed E-state index contributed by atoms with van der Waals surface area (Å²) in [5.74, 6) is 1.16. The molecule has 35 heavy (non-hydrogen) atoms. The van der Waals surface area contributed by atoms with Crippen LogP contribution in [0.2, 0.25) is 0 Å². The molecule has 2 N–H and O–H groups in total. The number of nitrogens with one attached hydrogen (secondary N) is 2. The highest BCUT2D eigenvalue weighted by Gasteiger charge is 2.31. The van der Waals surface area contributed by atoms with E-state index in [0.29, 0.717) is 29.5 Å². The minimum atomic E-state index is -0.459. The first-order chi connectivity index (χ1) is 17.0. The number of fused-ring (bicyclic) bond motifs is 1. The molecule has 1 aliphatic rings. The van der Waals surface area contributed by atoms with Crippen molar-refractivity contribution in [2.24, 2.45) is 0 Å². The van der Waals surface area contributed by atoms with Gasteiger partial charge in [0.2, 0.25) is 5.91 Å². The maximum absolute atomic E-state index is 13.2. The summed E-state index contributed by atoms with van der Waals surface area (Å²) in [5.41, 5.74) is 3.91. The molecule has 1 amide bonds. The molecule has 2 heterocycles. The summed E-state index contributed by atoms with van der Waals surface area (Å²) in [6.07, 6.45) is 0.134. The Bertz CT molecular complexity index is 1450. The first-order valence-corrected chi connectivity index (χ1v) is 11.4. The molecular weight excluding hydrogens is 442 g/mol. The number of methoxy groups -OCH3 is 1. The van der Waals surface area contributed by atoms with Crippen molar-refractivity contribution >= 4 is 11.7 Å². The average molecular weight is 468 g/mol. The molecule has 0 bridgehead atoms. The maximum atomic E-state index is 13.2. The SMILES string of the molecule is COc1cc(C2CC(=O)Nc3nc(-c4ccccc4)[nH]c(=O)c32)ccc1OCc1cccc(C)c1. The van der Waals surface area contributed by atoms with Gasteiger partial charge in [-0.05, 0) is 30.2 Å². The van der Waals surface area contributed by atoms with E-state index in [2.05, 4.69) is 21.4 Å². The molecule has 176 valence electrons. The number of aryl methyl sites for hydroxylation is 1. The predicted molar refractivity (Wildman–Crippen MR) is 134 cm³/mol. The number of rotatable bonds is 6. The number of H-pyrrole nitrogens is 1. The fourth-order valence-corrected chi connectivity index (χ4v) is 4.37. The normalized spacial score (nSPS) is 14.7. The number of ether oxygens (including phenoxy) is 2. The van der Waals surface area contributed by atoms with E-state index < -0.39 is 5.92 Å². The van der Waals surface area contributed by atoms with E-state index in [-0.39, 0.29) is 23.7 Å². The first kappa shape index (κ1) is 22.4. The van der Waals surface area contributed by atoms with Crippen LogP contribution >= 0.6 is 0 Å². The molecule has 0 aliphatic carbocycles. The lowest BCUT2D eigenvalue weighted by atomic mass is 9.86. The van der Waals surface area contributed by atoms with Crippen LogP contribution in [0.25, 0.3) is 11.4 Å². The van der Waals surface area contributed by atoms with Crippen molar-refractivity contribution in [2.45, 2.75) is 25.9 Å². The second-order valence-electron chi connectivity index (χ2n) is 8.54. The van der Waals surface area contributed by atoms with Crippen LogP contribution in [0.15, 0.2) is 77.6 Å². The molecule has 7 nitrogen and oxygen atoms in total. The number of aromatic amines is 1. The quantitative estimate of drug-likeness (QED) is 0.425. The molecule has 0 saturated heterocycles. The van der Waals surface area contributed by atoms with Crippen LogP contribution in [0.3, 0.4) is 0 Å². The zero-order chi connectivity index (χ0) is 24.4. The Labute approximate surface area is 202 Å². The summed E-state index contributed by atoms with van der Waals surface area (Å²) >= 11 is 0. The van der Waals surface area contributed by atoms with E-state index in [1.807, 2.05) is 73.7 Å². The number of carbonyl (C=O) groups excluding carboxylic acids is 1. The van der Waals surface area contributed by atoms with Crippen molar-refractivity contribution in [3.05, 3.63) is 105 Å². The highest BCUT2D eigenvalue weighted by atomic mass is 16.5. The topological polar surface area (TPSA) is 93.3 Å². The van der Waals surface area contributed by atoms with Gasteiger partial charge in [0.1, 0.15) is 18.2 Å². The van der Waals surface area contributed by atoms with Crippen LogP contribution in [0.5, 0.6) is 11.5 Å². The number of hydrogen-bond acceptors (Lipinski definition) is 5. The Morgan fingerprint density at radius 1 is 0.971 bits per heavy atom. The molecule has 1 aliphatic heterocycles. The van der Waals surface area contributed by atoms with Crippen LogP contribution in [-0.2, 0) is 11.4 Å². The van der Waals surface area contributed by atoms with Gasteiger partial charge < -0.3 is 19.8 Å². The predicted octanol–water partition coefficient (Wildman–Crippen LogP) is 4.81. The Kier molecular flexibility index (Phi) is 6.06. The van der Waals surface area contributed by atoms with Gasteiger partial charge >= 0.3 is 0 Å². The fourth-order valence-electron chi connectivity index (χ4n) is 4.37. The smallest absolute Gasteiger partial charge is 0.257 e. The third kappa shape index (κ3) is 4.66. The van der Waals surface area contributed by atoms with Gasteiger partial charge in [0.25, 0.3) is 5.56 Å². The Morgan fingerprint density at radius 3 is 2.57 bits per heavy atom. The Balaban J connectivity index is 1.47.